The second-order valence-corrected chi connectivity index (χ2v) is 5.90. The SMILES string of the molecule is CC.Cc1ccc(C(C)(C)C(=O)CN2CCCC2)cc1. The molecule has 0 aromatic heterocycles. The summed E-state index contributed by atoms with van der Waals surface area (Å²) in [7, 11) is 0. The van der Waals surface area contributed by atoms with Gasteiger partial charge >= 0.3 is 0 Å². The fourth-order valence-corrected chi connectivity index (χ4v) is 2.47. The Balaban J connectivity index is 0.000000956. The molecule has 0 aliphatic carbocycles. The molecule has 112 valence electrons. The first kappa shape index (κ1) is 16.9. The van der Waals surface area contributed by atoms with Gasteiger partial charge in [0.05, 0.1) is 6.54 Å². The summed E-state index contributed by atoms with van der Waals surface area (Å²) in [6, 6.07) is 8.33. The quantitative estimate of drug-likeness (QED) is 0.829. The number of likely N-dealkylation sites (tertiary alicyclic amines) is 1. The lowest BCUT2D eigenvalue weighted by Gasteiger charge is -2.26. The first-order chi connectivity index (χ1) is 9.50. The summed E-state index contributed by atoms with van der Waals surface area (Å²) < 4.78 is 0. The number of carbonyl (C=O) groups excluding carboxylic acids is 1. The van der Waals surface area contributed by atoms with Crippen LogP contribution in [0.25, 0.3) is 0 Å². The molecular weight excluding hydrogens is 246 g/mol. The predicted molar refractivity (Wildman–Crippen MR) is 86.2 cm³/mol. The van der Waals surface area contributed by atoms with Crippen molar-refractivity contribution in [2.24, 2.45) is 0 Å². The minimum atomic E-state index is -0.379. The highest BCUT2D eigenvalue weighted by Crippen LogP contribution is 2.25. The van der Waals surface area contributed by atoms with E-state index in [4.69, 9.17) is 0 Å². The standard InChI is InChI=1S/C16H23NO.C2H6/c1-13-6-8-14(9-7-13)16(2,3)15(18)12-17-10-4-5-11-17;1-2/h6-9H,4-5,10-12H2,1-3H3;1-2H3. The number of aryl methyl sites for hydroxylation is 1. The average Bonchev–Trinajstić information content (AvgIpc) is 2.94. The number of rotatable bonds is 4. The third-order valence-electron chi connectivity index (χ3n) is 4.04. The van der Waals surface area contributed by atoms with Crippen molar-refractivity contribution in [2.45, 2.75) is 52.9 Å². The van der Waals surface area contributed by atoms with Gasteiger partial charge in [-0.25, -0.2) is 0 Å². The van der Waals surface area contributed by atoms with Gasteiger partial charge in [0, 0.05) is 5.41 Å². The molecule has 0 bridgehead atoms. The molecule has 0 unspecified atom stereocenters. The maximum atomic E-state index is 12.5. The number of ketones is 1. The van der Waals surface area contributed by atoms with Crippen molar-refractivity contribution in [1.82, 2.24) is 4.90 Å². The van der Waals surface area contributed by atoms with Gasteiger partial charge in [0.25, 0.3) is 0 Å². The minimum absolute atomic E-state index is 0.327. The molecule has 0 spiro atoms. The van der Waals surface area contributed by atoms with Crippen LogP contribution in [-0.2, 0) is 10.2 Å². The Morgan fingerprint density at radius 2 is 1.60 bits per heavy atom. The average molecular weight is 275 g/mol. The summed E-state index contributed by atoms with van der Waals surface area (Å²) in [5, 5.41) is 0. The minimum Gasteiger partial charge on any atom is -0.297 e. The largest absolute Gasteiger partial charge is 0.297 e. The molecule has 1 aromatic rings. The number of nitrogens with zero attached hydrogens (tertiary/aromatic N) is 1. The Bertz CT molecular complexity index is 414. The molecule has 1 aliphatic rings. The lowest BCUT2D eigenvalue weighted by atomic mass is 9.80. The zero-order valence-corrected chi connectivity index (χ0v) is 13.7. The second-order valence-electron chi connectivity index (χ2n) is 5.90. The van der Waals surface area contributed by atoms with Gasteiger partial charge in [-0.15, -0.1) is 0 Å². The lowest BCUT2D eigenvalue weighted by Crippen LogP contribution is -2.38. The van der Waals surface area contributed by atoms with Gasteiger partial charge in [-0.2, -0.15) is 0 Å². The fourth-order valence-electron chi connectivity index (χ4n) is 2.47. The normalized spacial score (nSPS) is 15.7. The molecule has 2 rings (SSSR count). The molecule has 20 heavy (non-hydrogen) atoms. The predicted octanol–water partition coefficient (Wildman–Crippen LogP) is 3.96. The highest BCUT2D eigenvalue weighted by Gasteiger charge is 2.31. The number of hydrogen-bond acceptors (Lipinski definition) is 2. The van der Waals surface area contributed by atoms with Crippen molar-refractivity contribution in [3.63, 3.8) is 0 Å². The van der Waals surface area contributed by atoms with E-state index in [0.29, 0.717) is 12.3 Å². The van der Waals surface area contributed by atoms with E-state index < -0.39 is 0 Å². The third kappa shape index (κ3) is 4.17. The molecule has 0 atom stereocenters. The Morgan fingerprint density at radius 1 is 1.10 bits per heavy atom. The first-order valence-corrected chi connectivity index (χ1v) is 7.83. The molecule has 0 saturated carbocycles. The van der Waals surface area contributed by atoms with E-state index in [0.717, 1.165) is 18.7 Å². The van der Waals surface area contributed by atoms with Gasteiger partial charge in [0.15, 0.2) is 5.78 Å². The molecule has 1 heterocycles. The molecule has 1 aliphatic heterocycles. The van der Waals surface area contributed by atoms with Gasteiger partial charge < -0.3 is 0 Å². The molecule has 0 amide bonds. The highest BCUT2D eigenvalue weighted by atomic mass is 16.1. The van der Waals surface area contributed by atoms with Crippen LogP contribution in [0.3, 0.4) is 0 Å². The van der Waals surface area contributed by atoms with E-state index in [1.165, 1.54) is 18.4 Å². The molecule has 1 fully saturated rings. The maximum absolute atomic E-state index is 12.5. The van der Waals surface area contributed by atoms with Crippen LogP contribution < -0.4 is 0 Å². The van der Waals surface area contributed by atoms with Crippen LogP contribution in [0.5, 0.6) is 0 Å². The Hall–Kier alpha value is -1.15. The second kappa shape index (κ2) is 7.58. The topological polar surface area (TPSA) is 20.3 Å². The summed E-state index contributed by atoms with van der Waals surface area (Å²) in [5.74, 6) is 0.327. The van der Waals surface area contributed by atoms with Crippen LogP contribution in [0.4, 0.5) is 0 Å². The molecule has 2 nitrogen and oxygen atoms in total. The third-order valence-corrected chi connectivity index (χ3v) is 4.04. The Kier molecular flexibility index (Phi) is 6.41. The molecule has 0 radical (unpaired) electrons. The van der Waals surface area contributed by atoms with Crippen molar-refractivity contribution in [2.75, 3.05) is 19.6 Å². The van der Waals surface area contributed by atoms with Crippen LogP contribution in [0, 0.1) is 6.92 Å². The van der Waals surface area contributed by atoms with Gasteiger partial charge in [0.2, 0.25) is 0 Å². The smallest absolute Gasteiger partial charge is 0.156 e. The lowest BCUT2D eigenvalue weighted by molar-refractivity contribution is -0.124. The van der Waals surface area contributed by atoms with E-state index in [9.17, 15) is 4.79 Å². The molecule has 1 saturated heterocycles. The first-order valence-electron chi connectivity index (χ1n) is 7.83. The zero-order valence-electron chi connectivity index (χ0n) is 13.7. The van der Waals surface area contributed by atoms with Gasteiger partial charge in [-0.1, -0.05) is 43.7 Å². The fraction of sp³-hybridized carbons (Fsp3) is 0.611. The van der Waals surface area contributed by atoms with Crippen molar-refractivity contribution in [3.8, 4) is 0 Å². The van der Waals surface area contributed by atoms with Crippen molar-refractivity contribution < 1.29 is 4.79 Å². The number of carbonyl (C=O) groups is 1. The van der Waals surface area contributed by atoms with Crippen molar-refractivity contribution in [3.05, 3.63) is 35.4 Å². The summed E-state index contributed by atoms with van der Waals surface area (Å²) in [6.07, 6.45) is 2.47. The van der Waals surface area contributed by atoms with E-state index in [-0.39, 0.29) is 5.41 Å². The summed E-state index contributed by atoms with van der Waals surface area (Å²) in [4.78, 5) is 14.7. The number of Topliss-reactive ketones (excluding diaryl/α,β-unsaturated/α-hetero) is 1. The van der Waals surface area contributed by atoms with Crippen molar-refractivity contribution in [1.29, 1.82) is 0 Å². The van der Waals surface area contributed by atoms with E-state index in [2.05, 4.69) is 36.1 Å². The number of benzene rings is 1. The Labute approximate surface area is 124 Å². The van der Waals surface area contributed by atoms with Crippen LogP contribution >= 0.6 is 0 Å². The monoisotopic (exact) mass is 275 g/mol. The van der Waals surface area contributed by atoms with Gasteiger partial charge in [-0.3, -0.25) is 9.69 Å². The van der Waals surface area contributed by atoms with Crippen LogP contribution in [0.1, 0.15) is 51.7 Å². The van der Waals surface area contributed by atoms with Crippen molar-refractivity contribution >= 4 is 5.78 Å². The number of hydrogen-bond donors (Lipinski definition) is 0. The Morgan fingerprint density at radius 3 is 2.10 bits per heavy atom. The molecule has 2 heteroatoms. The van der Waals surface area contributed by atoms with E-state index in [1.54, 1.807) is 0 Å². The molecule has 0 N–H and O–H groups in total. The van der Waals surface area contributed by atoms with Crippen LogP contribution in [0.2, 0.25) is 0 Å². The maximum Gasteiger partial charge on any atom is 0.156 e. The summed E-state index contributed by atoms with van der Waals surface area (Å²) >= 11 is 0. The summed E-state index contributed by atoms with van der Waals surface area (Å²) in [5.41, 5.74) is 1.98. The van der Waals surface area contributed by atoms with Gasteiger partial charge in [-0.05, 0) is 52.3 Å². The molecular formula is C18H29NO. The summed E-state index contributed by atoms with van der Waals surface area (Å²) in [6.45, 7) is 12.9. The van der Waals surface area contributed by atoms with Gasteiger partial charge in [0.1, 0.15) is 0 Å². The van der Waals surface area contributed by atoms with Crippen LogP contribution in [0.15, 0.2) is 24.3 Å². The van der Waals surface area contributed by atoms with E-state index >= 15 is 0 Å². The zero-order chi connectivity index (χ0) is 15.2. The van der Waals surface area contributed by atoms with E-state index in [1.807, 2.05) is 27.7 Å². The highest BCUT2D eigenvalue weighted by molar-refractivity contribution is 5.91. The molecule has 1 aromatic carbocycles. The van der Waals surface area contributed by atoms with Crippen LogP contribution in [-0.4, -0.2) is 30.3 Å².